The molecule has 1 atom stereocenters. The van der Waals surface area contributed by atoms with Crippen molar-refractivity contribution in [1.82, 2.24) is 10.2 Å². The van der Waals surface area contributed by atoms with Crippen LogP contribution < -0.4 is 5.32 Å². The summed E-state index contributed by atoms with van der Waals surface area (Å²) in [6, 6.07) is 4.47. The molecule has 0 bridgehead atoms. The van der Waals surface area contributed by atoms with E-state index in [0.29, 0.717) is 0 Å². The van der Waals surface area contributed by atoms with E-state index in [9.17, 15) is 9.50 Å². The third-order valence-electron chi connectivity index (χ3n) is 4.19. The molecule has 0 spiro atoms. The molecule has 1 aromatic rings. The first kappa shape index (κ1) is 12.9. The Labute approximate surface area is 113 Å². The Hall–Kier alpha value is -1.13. The van der Waals surface area contributed by atoms with Gasteiger partial charge in [0.05, 0.1) is 0 Å². The van der Waals surface area contributed by atoms with Crippen molar-refractivity contribution >= 4 is 0 Å². The fraction of sp³-hybridized carbons (Fsp3) is 0.600. The van der Waals surface area contributed by atoms with E-state index in [1.807, 2.05) is 0 Å². The molecule has 2 N–H and O–H groups in total. The molecule has 1 aliphatic heterocycles. The number of benzene rings is 1. The fourth-order valence-electron chi connectivity index (χ4n) is 2.93. The second-order valence-corrected chi connectivity index (χ2v) is 5.68. The van der Waals surface area contributed by atoms with Crippen LogP contribution in [0.15, 0.2) is 18.2 Å². The SMILES string of the molecule is Oc1ccc(F)cc1[C@@H](CC1CC1)N1CCNCC1. The van der Waals surface area contributed by atoms with Crippen LogP contribution >= 0.6 is 0 Å². The molecule has 2 fully saturated rings. The number of phenolic OH excluding ortho intramolecular Hbond substituents is 1. The maximum absolute atomic E-state index is 13.5. The monoisotopic (exact) mass is 264 g/mol. The molecular formula is C15H21FN2O. The Morgan fingerprint density at radius 3 is 2.74 bits per heavy atom. The highest BCUT2D eigenvalue weighted by atomic mass is 19.1. The van der Waals surface area contributed by atoms with E-state index in [4.69, 9.17) is 0 Å². The quantitative estimate of drug-likeness (QED) is 0.875. The average Bonchev–Trinajstić information content (AvgIpc) is 3.24. The fourth-order valence-corrected chi connectivity index (χ4v) is 2.93. The molecule has 0 amide bonds. The van der Waals surface area contributed by atoms with E-state index in [1.165, 1.54) is 31.0 Å². The highest BCUT2D eigenvalue weighted by Gasteiger charge is 2.31. The molecule has 1 saturated heterocycles. The number of piperazine rings is 1. The number of nitrogens with one attached hydrogen (secondary N) is 1. The van der Waals surface area contributed by atoms with Crippen molar-refractivity contribution in [3.05, 3.63) is 29.6 Å². The van der Waals surface area contributed by atoms with Gasteiger partial charge in [-0.15, -0.1) is 0 Å². The van der Waals surface area contributed by atoms with E-state index in [2.05, 4.69) is 10.2 Å². The van der Waals surface area contributed by atoms with Gasteiger partial charge in [0.1, 0.15) is 11.6 Å². The normalized spacial score (nSPS) is 22.4. The van der Waals surface area contributed by atoms with E-state index in [1.54, 1.807) is 0 Å². The second-order valence-electron chi connectivity index (χ2n) is 5.68. The van der Waals surface area contributed by atoms with Gasteiger partial charge in [-0.2, -0.15) is 0 Å². The van der Waals surface area contributed by atoms with E-state index < -0.39 is 0 Å². The smallest absolute Gasteiger partial charge is 0.123 e. The molecule has 3 nitrogen and oxygen atoms in total. The van der Waals surface area contributed by atoms with Crippen LogP contribution in [0.25, 0.3) is 0 Å². The lowest BCUT2D eigenvalue weighted by Crippen LogP contribution is -2.45. The van der Waals surface area contributed by atoms with Gasteiger partial charge in [0.2, 0.25) is 0 Å². The van der Waals surface area contributed by atoms with Crippen LogP contribution in [0.4, 0.5) is 4.39 Å². The molecule has 2 aliphatic rings. The Bertz CT molecular complexity index is 442. The van der Waals surface area contributed by atoms with Gasteiger partial charge in [-0.3, -0.25) is 4.90 Å². The van der Waals surface area contributed by atoms with Gasteiger partial charge in [0.25, 0.3) is 0 Å². The first-order valence-electron chi connectivity index (χ1n) is 7.17. The third-order valence-corrected chi connectivity index (χ3v) is 4.19. The van der Waals surface area contributed by atoms with Crippen molar-refractivity contribution in [2.45, 2.75) is 25.3 Å². The largest absolute Gasteiger partial charge is 0.508 e. The van der Waals surface area contributed by atoms with Crippen molar-refractivity contribution in [2.24, 2.45) is 5.92 Å². The number of halogens is 1. The van der Waals surface area contributed by atoms with Gasteiger partial charge < -0.3 is 10.4 Å². The molecule has 1 aliphatic carbocycles. The zero-order valence-electron chi connectivity index (χ0n) is 11.1. The second kappa shape index (κ2) is 5.47. The molecule has 104 valence electrons. The first-order valence-corrected chi connectivity index (χ1v) is 7.17. The number of hydrogen-bond acceptors (Lipinski definition) is 3. The van der Waals surface area contributed by atoms with Crippen LogP contribution in [0.2, 0.25) is 0 Å². The molecule has 1 aromatic carbocycles. The van der Waals surface area contributed by atoms with E-state index >= 15 is 0 Å². The van der Waals surface area contributed by atoms with Gasteiger partial charge in [-0.25, -0.2) is 4.39 Å². The lowest BCUT2D eigenvalue weighted by molar-refractivity contribution is 0.157. The number of rotatable bonds is 4. The number of phenols is 1. The maximum Gasteiger partial charge on any atom is 0.123 e. The zero-order valence-corrected chi connectivity index (χ0v) is 11.1. The highest BCUT2D eigenvalue weighted by Crippen LogP contribution is 2.42. The zero-order chi connectivity index (χ0) is 13.2. The minimum atomic E-state index is -0.260. The van der Waals surface area contributed by atoms with Crippen molar-refractivity contribution in [3.63, 3.8) is 0 Å². The van der Waals surface area contributed by atoms with Crippen LogP contribution in [-0.4, -0.2) is 36.2 Å². The maximum atomic E-state index is 13.5. The molecule has 4 heteroatoms. The van der Waals surface area contributed by atoms with Crippen LogP contribution in [-0.2, 0) is 0 Å². The minimum absolute atomic E-state index is 0.158. The van der Waals surface area contributed by atoms with Crippen molar-refractivity contribution < 1.29 is 9.50 Å². The Morgan fingerprint density at radius 2 is 2.05 bits per heavy atom. The van der Waals surface area contributed by atoms with Crippen LogP contribution in [0.3, 0.4) is 0 Å². The molecule has 0 radical (unpaired) electrons. The van der Waals surface area contributed by atoms with E-state index in [-0.39, 0.29) is 17.6 Å². The summed E-state index contributed by atoms with van der Waals surface area (Å²) >= 11 is 0. The molecular weight excluding hydrogens is 243 g/mol. The summed E-state index contributed by atoms with van der Waals surface area (Å²) in [5.74, 6) is 0.719. The molecule has 3 rings (SSSR count). The molecule has 1 saturated carbocycles. The van der Waals surface area contributed by atoms with E-state index in [0.717, 1.165) is 44.1 Å². The van der Waals surface area contributed by atoms with Gasteiger partial charge >= 0.3 is 0 Å². The Morgan fingerprint density at radius 1 is 1.32 bits per heavy atom. The van der Waals surface area contributed by atoms with Crippen molar-refractivity contribution in [1.29, 1.82) is 0 Å². The molecule has 1 heterocycles. The minimum Gasteiger partial charge on any atom is -0.508 e. The summed E-state index contributed by atoms with van der Waals surface area (Å²) in [7, 11) is 0. The summed E-state index contributed by atoms with van der Waals surface area (Å²) in [6.45, 7) is 3.87. The number of nitrogens with zero attached hydrogens (tertiary/aromatic N) is 1. The average molecular weight is 264 g/mol. The topological polar surface area (TPSA) is 35.5 Å². The summed E-state index contributed by atoms with van der Waals surface area (Å²) in [5, 5.41) is 13.4. The van der Waals surface area contributed by atoms with Crippen molar-refractivity contribution in [3.8, 4) is 5.75 Å². The standard InChI is InChI=1S/C15H21FN2O/c16-12-3-4-15(19)13(10-12)14(9-11-1-2-11)18-7-5-17-6-8-18/h3-4,10-11,14,17,19H,1-2,5-9H2/t14-/m1/s1. The lowest BCUT2D eigenvalue weighted by Gasteiger charge is -2.35. The Kier molecular flexibility index (Phi) is 3.71. The molecule has 19 heavy (non-hydrogen) atoms. The third kappa shape index (κ3) is 3.07. The predicted octanol–water partition coefficient (Wildman–Crippen LogP) is 2.28. The van der Waals surface area contributed by atoms with Crippen LogP contribution in [0.5, 0.6) is 5.75 Å². The number of hydrogen-bond donors (Lipinski definition) is 2. The first-order chi connectivity index (χ1) is 9.24. The summed E-state index contributed by atoms with van der Waals surface area (Å²) in [6.07, 6.45) is 3.59. The lowest BCUT2D eigenvalue weighted by atomic mass is 9.97. The number of aromatic hydroxyl groups is 1. The van der Waals surface area contributed by atoms with Gasteiger partial charge in [-0.05, 0) is 30.5 Å². The highest BCUT2D eigenvalue weighted by molar-refractivity contribution is 5.35. The van der Waals surface area contributed by atoms with Crippen molar-refractivity contribution in [2.75, 3.05) is 26.2 Å². The Balaban J connectivity index is 1.85. The summed E-state index contributed by atoms with van der Waals surface area (Å²) < 4.78 is 13.5. The van der Waals surface area contributed by atoms with Gasteiger partial charge in [-0.1, -0.05) is 12.8 Å². The molecule has 0 aromatic heterocycles. The van der Waals surface area contributed by atoms with Gasteiger partial charge in [0.15, 0.2) is 0 Å². The van der Waals surface area contributed by atoms with Crippen LogP contribution in [0.1, 0.15) is 30.9 Å². The summed E-state index contributed by atoms with van der Waals surface area (Å²) in [5.41, 5.74) is 0.758. The summed E-state index contributed by atoms with van der Waals surface area (Å²) in [4.78, 5) is 2.38. The van der Waals surface area contributed by atoms with Crippen LogP contribution in [0, 0.1) is 11.7 Å². The van der Waals surface area contributed by atoms with Gasteiger partial charge in [0, 0.05) is 37.8 Å². The predicted molar refractivity (Wildman–Crippen MR) is 72.6 cm³/mol. The molecule has 0 unspecified atom stereocenters.